The number of aryl methyl sites for hydroxylation is 1. The zero-order chi connectivity index (χ0) is 35.3. The van der Waals surface area contributed by atoms with Crippen LogP contribution in [0.1, 0.15) is 61.0 Å². The lowest BCUT2D eigenvalue weighted by Crippen LogP contribution is -1.70. The molecule has 0 aromatic heterocycles. The van der Waals surface area contributed by atoms with Crippen molar-refractivity contribution in [2.24, 2.45) is 0 Å². The zero-order valence-electron chi connectivity index (χ0n) is 30.0. The topological polar surface area (TPSA) is 40.5 Å². The largest absolute Gasteiger partial charge is 0.508 e. The van der Waals surface area contributed by atoms with Crippen molar-refractivity contribution in [1.29, 1.82) is 0 Å². The highest BCUT2D eigenvalue weighted by Crippen LogP contribution is 2.23. The standard InChI is InChI=1S/2C10H8O.C10H8.C7H8.4C2H6/c11-10-7-3-5-8-4-1-2-6-9(8)10;11-10-6-5-8-3-1-2-4-9(8)7-10;1-2-6-10-8-4-3-7-9(10)5-1;1-7-5-3-2-4-6-7;4*1-2/h2*1-7,11H;1-8H;2-6H,1H3;4*1-2H3. The highest BCUT2D eigenvalue weighted by atomic mass is 16.3. The van der Waals surface area contributed by atoms with Gasteiger partial charge < -0.3 is 10.2 Å². The van der Waals surface area contributed by atoms with Gasteiger partial charge in [0.2, 0.25) is 0 Å². The molecule has 0 spiro atoms. The van der Waals surface area contributed by atoms with Crippen LogP contribution in [0.3, 0.4) is 0 Å². The van der Waals surface area contributed by atoms with Crippen LogP contribution in [0.15, 0.2) is 164 Å². The summed E-state index contributed by atoms with van der Waals surface area (Å²) in [6, 6.07) is 53.6. The maximum absolute atomic E-state index is 9.37. The van der Waals surface area contributed by atoms with E-state index in [2.05, 4.69) is 67.6 Å². The van der Waals surface area contributed by atoms with Crippen molar-refractivity contribution in [3.63, 3.8) is 0 Å². The van der Waals surface area contributed by atoms with Gasteiger partial charge in [-0.1, -0.05) is 207 Å². The molecule has 0 atom stereocenters. The third-order valence-corrected chi connectivity index (χ3v) is 6.10. The second-order valence-electron chi connectivity index (χ2n) is 9.03. The van der Waals surface area contributed by atoms with Gasteiger partial charge in [-0.05, 0) is 52.1 Å². The summed E-state index contributed by atoms with van der Waals surface area (Å²) in [6.45, 7) is 18.1. The average Bonchev–Trinajstić information content (AvgIpc) is 3.16. The number of fused-ring (bicyclic) bond motifs is 3. The number of aromatic hydroxyl groups is 2. The lowest BCUT2D eigenvalue weighted by molar-refractivity contribution is 0.476. The van der Waals surface area contributed by atoms with Crippen LogP contribution in [0.2, 0.25) is 0 Å². The second-order valence-corrected chi connectivity index (χ2v) is 9.03. The van der Waals surface area contributed by atoms with E-state index >= 15 is 0 Å². The van der Waals surface area contributed by atoms with Gasteiger partial charge in [0.05, 0.1) is 0 Å². The van der Waals surface area contributed by atoms with Crippen LogP contribution < -0.4 is 0 Å². The first-order chi connectivity index (χ1) is 23.1. The molecule has 0 aliphatic carbocycles. The van der Waals surface area contributed by atoms with E-state index in [1.807, 2.05) is 140 Å². The minimum atomic E-state index is 0.323. The van der Waals surface area contributed by atoms with Gasteiger partial charge >= 0.3 is 0 Å². The summed E-state index contributed by atoms with van der Waals surface area (Å²) >= 11 is 0. The summed E-state index contributed by atoms with van der Waals surface area (Å²) in [5, 5.41) is 25.3. The van der Waals surface area contributed by atoms with Crippen LogP contribution in [0.4, 0.5) is 0 Å². The molecule has 0 aliphatic heterocycles. The summed E-state index contributed by atoms with van der Waals surface area (Å²) in [7, 11) is 0. The summed E-state index contributed by atoms with van der Waals surface area (Å²) in [4.78, 5) is 0. The Hall–Kier alpha value is -5.08. The number of phenolic OH excluding ortho intramolecular Hbond substituents is 2. The van der Waals surface area contributed by atoms with Crippen LogP contribution in [-0.4, -0.2) is 10.2 Å². The first-order valence-electron chi connectivity index (χ1n) is 16.9. The van der Waals surface area contributed by atoms with Crippen molar-refractivity contribution in [3.8, 4) is 11.5 Å². The molecular formula is C45H56O2. The van der Waals surface area contributed by atoms with E-state index in [4.69, 9.17) is 5.11 Å². The molecule has 0 amide bonds. The molecule has 0 radical (unpaired) electrons. The molecule has 0 heterocycles. The van der Waals surface area contributed by atoms with Gasteiger partial charge in [-0.3, -0.25) is 0 Å². The number of hydrogen-bond donors (Lipinski definition) is 2. The Balaban J connectivity index is 0.000000565. The van der Waals surface area contributed by atoms with E-state index in [0.717, 1.165) is 21.5 Å². The number of benzene rings is 7. The first-order valence-corrected chi connectivity index (χ1v) is 16.9. The second kappa shape index (κ2) is 27.2. The highest BCUT2D eigenvalue weighted by Gasteiger charge is 1.94. The van der Waals surface area contributed by atoms with Gasteiger partial charge in [0.1, 0.15) is 11.5 Å². The van der Waals surface area contributed by atoms with Crippen LogP contribution in [0.25, 0.3) is 32.3 Å². The average molecular weight is 629 g/mol. The first kappa shape index (κ1) is 41.9. The fourth-order valence-corrected chi connectivity index (χ4v) is 4.05. The molecule has 7 aromatic rings. The zero-order valence-corrected chi connectivity index (χ0v) is 30.0. The normalized spacial score (nSPS) is 8.70. The molecule has 2 N–H and O–H groups in total. The van der Waals surface area contributed by atoms with E-state index in [9.17, 15) is 5.11 Å². The molecule has 0 fully saturated rings. The van der Waals surface area contributed by atoms with Crippen molar-refractivity contribution < 1.29 is 10.2 Å². The fourth-order valence-electron chi connectivity index (χ4n) is 4.05. The van der Waals surface area contributed by atoms with Crippen LogP contribution in [0.5, 0.6) is 11.5 Å². The van der Waals surface area contributed by atoms with Gasteiger partial charge in [-0.15, -0.1) is 0 Å². The van der Waals surface area contributed by atoms with Crippen molar-refractivity contribution >= 4 is 32.3 Å². The SMILES string of the molecule is CC.CC.CC.CC.Cc1ccccc1.Oc1ccc2ccccc2c1.Oc1cccc2ccccc12.c1ccc2ccccc2c1. The molecule has 0 bridgehead atoms. The minimum absolute atomic E-state index is 0.323. The predicted molar refractivity (Wildman–Crippen MR) is 212 cm³/mol. The summed E-state index contributed by atoms with van der Waals surface area (Å²) < 4.78 is 0. The third-order valence-electron chi connectivity index (χ3n) is 6.10. The maximum Gasteiger partial charge on any atom is 0.123 e. The highest BCUT2D eigenvalue weighted by molar-refractivity contribution is 5.87. The van der Waals surface area contributed by atoms with E-state index < -0.39 is 0 Å². The van der Waals surface area contributed by atoms with Crippen molar-refractivity contribution in [3.05, 3.63) is 169 Å². The van der Waals surface area contributed by atoms with Crippen molar-refractivity contribution in [1.82, 2.24) is 0 Å². The Morgan fingerprint density at radius 1 is 0.319 bits per heavy atom. The lowest BCUT2D eigenvalue weighted by atomic mass is 10.1. The van der Waals surface area contributed by atoms with Gasteiger partial charge in [0.25, 0.3) is 0 Å². The smallest absolute Gasteiger partial charge is 0.123 e. The molecule has 2 nitrogen and oxygen atoms in total. The fraction of sp³-hybridized carbons (Fsp3) is 0.200. The van der Waals surface area contributed by atoms with Gasteiger partial charge in [-0.2, -0.15) is 0 Å². The Labute approximate surface area is 285 Å². The Kier molecular flexibility index (Phi) is 24.3. The lowest BCUT2D eigenvalue weighted by Gasteiger charge is -1.97. The molecule has 2 heteroatoms. The number of rotatable bonds is 0. The molecule has 7 aromatic carbocycles. The van der Waals surface area contributed by atoms with Gasteiger partial charge in [0, 0.05) is 5.39 Å². The monoisotopic (exact) mass is 628 g/mol. The number of hydrogen-bond acceptors (Lipinski definition) is 2. The van der Waals surface area contributed by atoms with E-state index in [1.54, 1.807) is 18.2 Å². The summed E-state index contributed by atoms with van der Waals surface area (Å²) in [6.07, 6.45) is 0. The quantitative estimate of drug-likeness (QED) is 0.175. The summed E-state index contributed by atoms with van der Waals surface area (Å²) in [5.41, 5.74) is 1.32. The summed E-state index contributed by atoms with van der Waals surface area (Å²) in [5.74, 6) is 0.673. The molecule has 0 saturated carbocycles. The Bertz CT molecular complexity index is 1660. The molecule has 0 unspecified atom stereocenters. The van der Waals surface area contributed by atoms with Crippen LogP contribution in [0, 0.1) is 6.92 Å². The molecular weight excluding hydrogens is 572 g/mol. The van der Waals surface area contributed by atoms with E-state index in [1.165, 1.54) is 16.3 Å². The predicted octanol–water partition coefficient (Wildman–Crippen LogP) is 14.0. The van der Waals surface area contributed by atoms with Crippen molar-refractivity contribution in [2.45, 2.75) is 62.3 Å². The van der Waals surface area contributed by atoms with Gasteiger partial charge in [-0.25, -0.2) is 0 Å². The molecule has 0 aliphatic rings. The van der Waals surface area contributed by atoms with Crippen molar-refractivity contribution in [2.75, 3.05) is 0 Å². The van der Waals surface area contributed by atoms with Crippen LogP contribution in [-0.2, 0) is 0 Å². The molecule has 0 saturated heterocycles. The molecule has 248 valence electrons. The van der Waals surface area contributed by atoms with Gasteiger partial charge in [0.15, 0.2) is 0 Å². The Morgan fingerprint density at radius 3 is 1.11 bits per heavy atom. The van der Waals surface area contributed by atoms with Crippen LogP contribution >= 0.6 is 0 Å². The molecule has 47 heavy (non-hydrogen) atoms. The third kappa shape index (κ3) is 16.2. The van der Waals surface area contributed by atoms with E-state index in [0.29, 0.717) is 11.5 Å². The number of phenols is 2. The Morgan fingerprint density at radius 2 is 0.681 bits per heavy atom. The molecule has 7 rings (SSSR count). The minimum Gasteiger partial charge on any atom is -0.508 e. The maximum atomic E-state index is 9.37. The van der Waals surface area contributed by atoms with E-state index in [-0.39, 0.29) is 0 Å².